The van der Waals surface area contributed by atoms with Crippen LogP contribution in [0.3, 0.4) is 0 Å². The highest BCUT2D eigenvalue weighted by molar-refractivity contribution is 6.81. The van der Waals surface area contributed by atoms with Gasteiger partial charge in [0.15, 0.2) is 0 Å². The lowest BCUT2D eigenvalue weighted by Crippen LogP contribution is -2.54. The zero-order chi connectivity index (χ0) is 13.2. The Bertz CT molecular complexity index is 549. The first kappa shape index (κ1) is 13.2. The van der Waals surface area contributed by atoms with Gasteiger partial charge in [0.05, 0.1) is 0 Å². The van der Waals surface area contributed by atoms with E-state index in [1.54, 1.807) is 6.55 Å². The molecule has 0 saturated heterocycles. The molecular weight excluding hydrogens is 240 g/mol. The van der Waals surface area contributed by atoms with Gasteiger partial charge in [-0.1, -0.05) is 36.4 Å². The predicted octanol–water partition coefficient (Wildman–Crippen LogP) is 0.832. The summed E-state index contributed by atoms with van der Waals surface area (Å²) in [5, 5.41) is 12.2. The van der Waals surface area contributed by atoms with Crippen LogP contribution < -0.4 is 15.9 Å². The molecule has 0 spiro atoms. The van der Waals surface area contributed by atoms with Crippen molar-refractivity contribution in [1.29, 1.82) is 0 Å². The molecule has 2 rings (SSSR count). The first-order valence-electron chi connectivity index (χ1n) is 6.20. The summed E-state index contributed by atoms with van der Waals surface area (Å²) in [6.07, 6.45) is 1.01. The Labute approximate surface area is 109 Å². The number of fused-ring (bicyclic) bond motifs is 1. The average molecular weight is 260 g/mol. The Balaban J connectivity index is 2.40. The van der Waals surface area contributed by atoms with Crippen LogP contribution in [0.1, 0.15) is 5.56 Å². The van der Waals surface area contributed by atoms with E-state index < -0.39 is 8.48 Å². The number of rotatable bonds is 4. The highest BCUT2D eigenvalue weighted by Gasteiger charge is 2.21. The second-order valence-electron chi connectivity index (χ2n) is 4.90. The van der Waals surface area contributed by atoms with Gasteiger partial charge in [-0.25, -0.2) is 0 Å². The third kappa shape index (κ3) is 2.97. The lowest BCUT2D eigenvalue weighted by molar-refractivity contribution is 0.561. The van der Waals surface area contributed by atoms with E-state index >= 15 is 0 Å². The first-order valence-corrected chi connectivity index (χ1v) is 8.72. The Kier molecular flexibility index (Phi) is 3.82. The molecule has 4 heteroatoms. The largest absolute Gasteiger partial charge is 0.416 e. The van der Waals surface area contributed by atoms with Crippen LogP contribution in [-0.2, 0) is 6.42 Å². The van der Waals surface area contributed by atoms with Crippen molar-refractivity contribution in [3.63, 3.8) is 0 Å². The summed E-state index contributed by atoms with van der Waals surface area (Å²) < 4.78 is 0. The maximum Gasteiger partial charge on any atom is 0.293 e. The Morgan fingerprint density at radius 3 is 2.56 bits per heavy atom. The molecule has 18 heavy (non-hydrogen) atoms. The molecule has 0 aliphatic carbocycles. The molecule has 0 radical (unpaired) electrons. The van der Waals surface area contributed by atoms with Crippen LogP contribution in [0.5, 0.6) is 0 Å². The van der Waals surface area contributed by atoms with Gasteiger partial charge in [0.1, 0.15) is 0 Å². The molecule has 0 fully saturated rings. The third-order valence-corrected chi connectivity index (χ3v) is 4.63. The summed E-state index contributed by atoms with van der Waals surface area (Å²) in [6, 6.07) is 12.4. The molecule has 2 aromatic carbocycles. The number of nitrogens with two attached hydrogens (primary N) is 1. The molecule has 0 aliphatic rings. The fourth-order valence-electron chi connectivity index (χ4n) is 2.04. The van der Waals surface area contributed by atoms with Crippen molar-refractivity contribution < 1.29 is 4.80 Å². The molecule has 2 aromatic rings. The van der Waals surface area contributed by atoms with Crippen molar-refractivity contribution in [2.24, 2.45) is 5.40 Å². The van der Waals surface area contributed by atoms with E-state index in [4.69, 9.17) is 5.40 Å². The van der Waals surface area contributed by atoms with Crippen LogP contribution in [0.2, 0.25) is 6.55 Å². The molecule has 0 amide bonds. The van der Waals surface area contributed by atoms with E-state index in [-0.39, 0.29) is 0 Å². The Morgan fingerprint density at radius 2 is 1.89 bits per heavy atom. The van der Waals surface area contributed by atoms with Gasteiger partial charge in [0.25, 0.3) is 8.48 Å². The maximum atomic E-state index is 9.97. The van der Waals surface area contributed by atoms with Crippen LogP contribution in [0.4, 0.5) is 0 Å². The summed E-state index contributed by atoms with van der Waals surface area (Å²) in [7, 11) is -0.751. The molecule has 4 N–H and O–H groups in total. The zero-order valence-corrected chi connectivity index (χ0v) is 11.9. The SMILES string of the molecule is CNCCc1ccc2ccc([Si](C)(N)O)cc2c1. The zero-order valence-electron chi connectivity index (χ0n) is 10.9. The van der Waals surface area contributed by atoms with Gasteiger partial charge in [-0.2, -0.15) is 0 Å². The van der Waals surface area contributed by atoms with Crippen LogP contribution in [0.25, 0.3) is 10.8 Å². The van der Waals surface area contributed by atoms with Crippen molar-refractivity contribution in [2.75, 3.05) is 13.6 Å². The minimum atomic E-state index is -2.71. The second-order valence-corrected chi connectivity index (χ2v) is 7.77. The summed E-state index contributed by atoms with van der Waals surface area (Å²) in [5.41, 5.74) is 1.30. The standard InChI is InChI=1S/C14H20N2OSi/c1-16-8-7-11-3-4-12-5-6-14(18(2,15)17)10-13(12)9-11/h3-6,9-10,16-17H,7-8,15H2,1-2H3. The van der Waals surface area contributed by atoms with Crippen LogP contribution in [0.15, 0.2) is 36.4 Å². The Morgan fingerprint density at radius 1 is 1.17 bits per heavy atom. The molecule has 1 atom stereocenters. The number of nitrogens with one attached hydrogen (secondary N) is 1. The average Bonchev–Trinajstić information content (AvgIpc) is 2.34. The van der Waals surface area contributed by atoms with Crippen molar-refractivity contribution >= 4 is 24.4 Å². The Hall–Kier alpha value is -1.20. The summed E-state index contributed by atoms with van der Waals surface area (Å²) in [5.74, 6) is 0. The fraction of sp³-hybridized carbons (Fsp3) is 0.286. The summed E-state index contributed by atoms with van der Waals surface area (Å²) in [6.45, 7) is 2.70. The van der Waals surface area contributed by atoms with E-state index in [1.165, 1.54) is 10.9 Å². The second kappa shape index (κ2) is 5.20. The summed E-state index contributed by atoms with van der Waals surface area (Å²) >= 11 is 0. The molecule has 0 aliphatic heterocycles. The van der Waals surface area contributed by atoms with Crippen LogP contribution in [0, 0.1) is 0 Å². The van der Waals surface area contributed by atoms with Gasteiger partial charge in [0, 0.05) is 0 Å². The number of benzene rings is 2. The van der Waals surface area contributed by atoms with Crippen molar-refractivity contribution in [1.82, 2.24) is 5.32 Å². The monoisotopic (exact) mass is 260 g/mol. The van der Waals surface area contributed by atoms with Crippen molar-refractivity contribution in [3.8, 4) is 0 Å². The fourth-order valence-corrected chi connectivity index (χ4v) is 2.90. The highest BCUT2D eigenvalue weighted by Crippen LogP contribution is 2.15. The third-order valence-electron chi connectivity index (χ3n) is 3.15. The van der Waals surface area contributed by atoms with Gasteiger partial charge in [-0.15, -0.1) is 0 Å². The maximum absolute atomic E-state index is 9.97. The summed E-state index contributed by atoms with van der Waals surface area (Å²) in [4.78, 5) is 9.97. The number of hydrogen-bond acceptors (Lipinski definition) is 3. The lowest BCUT2D eigenvalue weighted by atomic mass is 10.1. The van der Waals surface area contributed by atoms with E-state index in [0.29, 0.717) is 0 Å². The molecular formula is C14H20N2OSi. The predicted molar refractivity (Wildman–Crippen MR) is 79.2 cm³/mol. The minimum Gasteiger partial charge on any atom is -0.416 e. The topological polar surface area (TPSA) is 58.3 Å². The molecule has 0 heterocycles. The normalized spacial score (nSPS) is 14.7. The first-order chi connectivity index (χ1) is 8.50. The molecule has 0 aromatic heterocycles. The molecule has 0 bridgehead atoms. The highest BCUT2D eigenvalue weighted by atomic mass is 28.4. The van der Waals surface area contributed by atoms with E-state index in [0.717, 1.165) is 23.5 Å². The van der Waals surface area contributed by atoms with E-state index in [9.17, 15) is 4.80 Å². The van der Waals surface area contributed by atoms with E-state index in [2.05, 4.69) is 23.5 Å². The molecule has 1 unspecified atom stereocenters. The minimum absolute atomic E-state index is 0.876. The van der Waals surface area contributed by atoms with Crippen LogP contribution in [-0.4, -0.2) is 26.9 Å². The van der Waals surface area contributed by atoms with Crippen LogP contribution >= 0.6 is 0 Å². The van der Waals surface area contributed by atoms with Crippen molar-refractivity contribution in [2.45, 2.75) is 13.0 Å². The van der Waals surface area contributed by atoms with Gasteiger partial charge >= 0.3 is 0 Å². The quantitative estimate of drug-likeness (QED) is 0.714. The lowest BCUT2D eigenvalue weighted by Gasteiger charge is -2.14. The molecule has 96 valence electrons. The van der Waals surface area contributed by atoms with Gasteiger partial charge < -0.3 is 15.5 Å². The number of hydrogen-bond donors (Lipinski definition) is 3. The molecule has 0 saturated carbocycles. The number of likely N-dealkylation sites (N-methyl/N-ethyl adjacent to an activating group) is 1. The molecule has 3 nitrogen and oxygen atoms in total. The smallest absolute Gasteiger partial charge is 0.293 e. The van der Waals surface area contributed by atoms with Crippen molar-refractivity contribution in [3.05, 3.63) is 42.0 Å². The van der Waals surface area contributed by atoms with Gasteiger partial charge in [0.2, 0.25) is 0 Å². The van der Waals surface area contributed by atoms with Gasteiger partial charge in [-0.3, -0.25) is 0 Å². The van der Waals surface area contributed by atoms with E-state index in [1.807, 2.05) is 25.2 Å². The van der Waals surface area contributed by atoms with Gasteiger partial charge in [-0.05, 0) is 48.1 Å².